The molecule has 1 heterocycles. The summed E-state index contributed by atoms with van der Waals surface area (Å²) in [4.78, 5) is 27.0. The molecule has 2 amide bonds. The van der Waals surface area contributed by atoms with Crippen LogP contribution in [0.2, 0.25) is 0 Å². The number of amides is 2. The van der Waals surface area contributed by atoms with Gasteiger partial charge in [-0.15, -0.1) is 0 Å². The summed E-state index contributed by atoms with van der Waals surface area (Å²) in [5, 5.41) is 2.93. The summed E-state index contributed by atoms with van der Waals surface area (Å²) in [6, 6.07) is -0.707. The Morgan fingerprint density at radius 1 is 1.29 bits per heavy atom. The summed E-state index contributed by atoms with van der Waals surface area (Å²) in [7, 11) is 1.66. The van der Waals surface area contributed by atoms with Gasteiger partial charge < -0.3 is 15.0 Å². The minimum absolute atomic E-state index is 0.00832. The second kappa shape index (κ2) is 8.37. The van der Waals surface area contributed by atoms with Crippen molar-refractivity contribution in [2.24, 2.45) is 5.92 Å². The van der Waals surface area contributed by atoms with Crippen LogP contribution in [0.5, 0.6) is 0 Å². The molecule has 0 bridgehead atoms. The molecule has 0 saturated carbocycles. The minimum Gasteiger partial charge on any atom is -0.385 e. The number of nitrogens with zero attached hydrogens (tertiary/aromatic N) is 1. The van der Waals surface area contributed by atoms with E-state index >= 15 is 0 Å². The average Bonchev–Trinajstić information content (AvgIpc) is 2.47. The quantitative estimate of drug-likeness (QED) is 0.745. The largest absolute Gasteiger partial charge is 0.385 e. The molecular formula is C16H30N2O3. The van der Waals surface area contributed by atoms with Crippen molar-refractivity contribution in [1.82, 2.24) is 10.2 Å². The third kappa shape index (κ3) is 4.19. The van der Waals surface area contributed by atoms with Crippen molar-refractivity contribution in [2.45, 2.75) is 71.5 Å². The molecule has 0 radical (unpaired) electrons. The first kappa shape index (κ1) is 18.0. The lowest BCUT2D eigenvalue weighted by atomic mass is 9.91. The second-order valence-corrected chi connectivity index (χ2v) is 6.05. The Morgan fingerprint density at radius 3 is 2.48 bits per heavy atom. The molecular weight excluding hydrogens is 268 g/mol. The molecule has 1 fully saturated rings. The van der Waals surface area contributed by atoms with Crippen LogP contribution in [0.3, 0.4) is 0 Å². The maximum Gasteiger partial charge on any atom is 0.246 e. The number of hydrogen-bond donors (Lipinski definition) is 1. The van der Waals surface area contributed by atoms with Gasteiger partial charge in [-0.25, -0.2) is 0 Å². The van der Waals surface area contributed by atoms with E-state index in [9.17, 15) is 9.59 Å². The van der Waals surface area contributed by atoms with Crippen LogP contribution in [-0.2, 0) is 14.3 Å². The van der Waals surface area contributed by atoms with E-state index in [0.717, 1.165) is 19.3 Å². The van der Waals surface area contributed by atoms with Crippen LogP contribution >= 0.6 is 0 Å². The van der Waals surface area contributed by atoms with Crippen molar-refractivity contribution in [3.8, 4) is 0 Å². The van der Waals surface area contributed by atoms with Crippen LogP contribution in [0, 0.1) is 5.92 Å². The normalized spacial score (nSPS) is 25.7. The van der Waals surface area contributed by atoms with Gasteiger partial charge in [0, 0.05) is 19.8 Å². The molecule has 4 unspecified atom stereocenters. The van der Waals surface area contributed by atoms with Gasteiger partial charge in [-0.1, -0.05) is 33.6 Å². The van der Waals surface area contributed by atoms with Gasteiger partial charge in [-0.05, 0) is 25.7 Å². The summed E-state index contributed by atoms with van der Waals surface area (Å²) in [6.45, 7) is 8.70. The van der Waals surface area contributed by atoms with Gasteiger partial charge in [0.25, 0.3) is 0 Å². The SMILES string of the molecule is CCCC1C(=O)NC(C(C)CC)C(=O)N1C(C)CCOC. The fourth-order valence-electron chi connectivity index (χ4n) is 2.87. The van der Waals surface area contributed by atoms with E-state index in [2.05, 4.69) is 5.32 Å². The number of rotatable bonds is 8. The molecule has 0 aromatic rings. The Kier molecular flexibility index (Phi) is 7.15. The van der Waals surface area contributed by atoms with E-state index in [0.29, 0.717) is 13.0 Å². The molecule has 21 heavy (non-hydrogen) atoms. The predicted octanol–water partition coefficient (Wildman–Crippen LogP) is 1.95. The van der Waals surface area contributed by atoms with E-state index in [1.165, 1.54) is 0 Å². The van der Waals surface area contributed by atoms with Gasteiger partial charge in [0.05, 0.1) is 0 Å². The zero-order chi connectivity index (χ0) is 16.0. The van der Waals surface area contributed by atoms with Gasteiger partial charge in [0.1, 0.15) is 12.1 Å². The van der Waals surface area contributed by atoms with Crippen molar-refractivity contribution in [1.29, 1.82) is 0 Å². The third-order valence-corrected chi connectivity index (χ3v) is 4.45. The number of carbonyl (C=O) groups is 2. The Balaban J connectivity index is 2.96. The van der Waals surface area contributed by atoms with Crippen LogP contribution in [0.15, 0.2) is 0 Å². The zero-order valence-electron chi connectivity index (χ0n) is 14.0. The standard InChI is InChI=1S/C16H30N2O3/c1-6-8-13-15(19)17-14(11(3)7-2)16(20)18(13)12(4)9-10-21-5/h11-14H,6-10H2,1-5H3,(H,17,19). The van der Waals surface area contributed by atoms with Gasteiger partial charge in [0.15, 0.2) is 0 Å². The molecule has 1 rings (SSSR count). The average molecular weight is 298 g/mol. The van der Waals surface area contributed by atoms with E-state index < -0.39 is 0 Å². The van der Waals surface area contributed by atoms with Crippen molar-refractivity contribution in [3.05, 3.63) is 0 Å². The predicted molar refractivity (Wildman–Crippen MR) is 82.9 cm³/mol. The fraction of sp³-hybridized carbons (Fsp3) is 0.875. The molecule has 1 saturated heterocycles. The van der Waals surface area contributed by atoms with Gasteiger partial charge in [-0.3, -0.25) is 9.59 Å². The summed E-state index contributed by atoms with van der Waals surface area (Å²) in [6.07, 6.45) is 3.22. The van der Waals surface area contributed by atoms with E-state index in [1.807, 2.05) is 27.7 Å². The summed E-state index contributed by atoms with van der Waals surface area (Å²) >= 11 is 0. The number of carbonyl (C=O) groups excluding carboxylic acids is 2. The number of piperazine rings is 1. The number of methoxy groups -OCH3 is 1. The second-order valence-electron chi connectivity index (χ2n) is 6.05. The maximum atomic E-state index is 12.8. The molecule has 1 N–H and O–H groups in total. The molecule has 0 spiro atoms. The zero-order valence-corrected chi connectivity index (χ0v) is 14.0. The van der Waals surface area contributed by atoms with Gasteiger partial charge in [0.2, 0.25) is 11.8 Å². The van der Waals surface area contributed by atoms with Crippen LogP contribution in [-0.4, -0.2) is 48.6 Å². The van der Waals surface area contributed by atoms with Crippen molar-refractivity contribution in [3.63, 3.8) is 0 Å². The lowest BCUT2D eigenvalue weighted by Gasteiger charge is -2.44. The van der Waals surface area contributed by atoms with Crippen LogP contribution < -0.4 is 5.32 Å². The third-order valence-electron chi connectivity index (χ3n) is 4.45. The summed E-state index contributed by atoms with van der Waals surface area (Å²) < 4.78 is 5.12. The molecule has 1 aliphatic rings. The lowest BCUT2D eigenvalue weighted by Crippen LogP contribution is -2.66. The topological polar surface area (TPSA) is 58.6 Å². The van der Waals surface area contributed by atoms with E-state index in [-0.39, 0.29) is 35.9 Å². The first-order valence-corrected chi connectivity index (χ1v) is 8.09. The molecule has 0 aliphatic carbocycles. The van der Waals surface area contributed by atoms with E-state index in [4.69, 9.17) is 4.74 Å². The minimum atomic E-state index is -0.388. The van der Waals surface area contributed by atoms with Crippen molar-refractivity contribution >= 4 is 11.8 Å². The number of nitrogens with one attached hydrogen (secondary N) is 1. The molecule has 4 atom stereocenters. The molecule has 5 heteroatoms. The first-order chi connectivity index (χ1) is 9.97. The highest BCUT2D eigenvalue weighted by molar-refractivity contribution is 5.97. The number of ether oxygens (including phenoxy) is 1. The monoisotopic (exact) mass is 298 g/mol. The Bertz CT molecular complexity index is 359. The smallest absolute Gasteiger partial charge is 0.246 e. The molecule has 0 aromatic heterocycles. The van der Waals surface area contributed by atoms with Gasteiger partial charge in [-0.2, -0.15) is 0 Å². The Morgan fingerprint density at radius 2 is 1.95 bits per heavy atom. The van der Waals surface area contributed by atoms with Crippen molar-refractivity contribution < 1.29 is 14.3 Å². The van der Waals surface area contributed by atoms with Crippen LogP contribution in [0.25, 0.3) is 0 Å². The Hall–Kier alpha value is -1.10. The highest BCUT2D eigenvalue weighted by Crippen LogP contribution is 2.23. The van der Waals surface area contributed by atoms with E-state index in [1.54, 1.807) is 12.0 Å². The molecule has 1 aliphatic heterocycles. The molecule has 5 nitrogen and oxygen atoms in total. The highest BCUT2D eigenvalue weighted by Gasteiger charge is 2.43. The highest BCUT2D eigenvalue weighted by atomic mass is 16.5. The van der Waals surface area contributed by atoms with Crippen LogP contribution in [0.4, 0.5) is 0 Å². The summed E-state index contributed by atoms with van der Waals surface area (Å²) in [5.41, 5.74) is 0. The fourth-order valence-corrected chi connectivity index (χ4v) is 2.87. The maximum absolute atomic E-state index is 12.8. The first-order valence-electron chi connectivity index (χ1n) is 8.09. The number of hydrogen-bond acceptors (Lipinski definition) is 3. The van der Waals surface area contributed by atoms with Crippen LogP contribution in [0.1, 0.15) is 53.4 Å². The lowest BCUT2D eigenvalue weighted by molar-refractivity contribution is -0.154. The van der Waals surface area contributed by atoms with Gasteiger partial charge >= 0.3 is 0 Å². The summed E-state index contributed by atoms with van der Waals surface area (Å²) in [5.74, 6) is 0.207. The molecule has 122 valence electrons. The molecule has 0 aromatic carbocycles. The Labute approximate surface area is 128 Å². The van der Waals surface area contributed by atoms with Crippen molar-refractivity contribution in [2.75, 3.05) is 13.7 Å².